The van der Waals surface area contributed by atoms with Crippen LogP contribution in [0.5, 0.6) is 0 Å². The molecule has 1 aliphatic carbocycles. The van der Waals surface area contributed by atoms with Gasteiger partial charge in [0.25, 0.3) is 0 Å². The first kappa shape index (κ1) is 15.7. The number of hydrogen-bond donors (Lipinski definition) is 2. The van der Waals surface area contributed by atoms with Crippen molar-refractivity contribution in [3.63, 3.8) is 0 Å². The van der Waals surface area contributed by atoms with Crippen LogP contribution in [0.2, 0.25) is 0 Å². The van der Waals surface area contributed by atoms with Crippen LogP contribution in [0.3, 0.4) is 0 Å². The van der Waals surface area contributed by atoms with Gasteiger partial charge in [0, 0.05) is 6.54 Å². The summed E-state index contributed by atoms with van der Waals surface area (Å²) in [5.41, 5.74) is 5.41. The van der Waals surface area contributed by atoms with Crippen LogP contribution in [0, 0.1) is 0 Å². The second-order valence-electron chi connectivity index (χ2n) is 4.21. The van der Waals surface area contributed by atoms with Gasteiger partial charge in [-0.15, -0.1) is 12.4 Å². The first-order valence-corrected chi connectivity index (χ1v) is 5.85. The summed E-state index contributed by atoms with van der Waals surface area (Å²) in [6.45, 7) is 2.84. The fourth-order valence-electron chi connectivity index (χ4n) is 1.79. The molecule has 0 spiro atoms. The summed E-state index contributed by atoms with van der Waals surface area (Å²) < 4.78 is 5.66. The van der Waals surface area contributed by atoms with E-state index in [4.69, 9.17) is 10.5 Å². The van der Waals surface area contributed by atoms with Gasteiger partial charge in [-0.3, -0.25) is 4.79 Å². The van der Waals surface area contributed by atoms with Crippen LogP contribution in [-0.4, -0.2) is 31.2 Å². The highest BCUT2D eigenvalue weighted by molar-refractivity contribution is 5.85. The molecule has 1 rings (SSSR count). The predicted molar refractivity (Wildman–Crippen MR) is 66.7 cm³/mol. The van der Waals surface area contributed by atoms with Gasteiger partial charge in [0.2, 0.25) is 5.91 Å². The summed E-state index contributed by atoms with van der Waals surface area (Å²) in [5.74, 6) is -0.109. The van der Waals surface area contributed by atoms with Crippen molar-refractivity contribution in [1.29, 1.82) is 0 Å². The molecule has 16 heavy (non-hydrogen) atoms. The maximum Gasteiger partial charge on any atom is 0.236 e. The Morgan fingerprint density at radius 3 is 2.62 bits per heavy atom. The van der Waals surface area contributed by atoms with Crippen LogP contribution in [-0.2, 0) is 9.53 Å². The lowest BCUT2D eigenvalue weighted by atomic mass is 9.98. The molecular formula is C11H23ClN2O2. The second-order valence-corrected chi connectivity index (χ2v) is 4.21. The van der Waals surface area contributed by atoms with E-state index in [0.717, 1.165) is 0 Å². The number of rotatable bonds is 5. The van der Waals surface area contributed by atoms with Crippen LogP contribution in [0.15, 0.2) is 0 Å². The lowest BCUT2D eigenvalue weighted by molar-refractivity contribution is -0.122. The van der Waals surface area contributed by atoms with Gasteiger partial charge in [0.15, 0.2) is 0 Å². The highest BCUT2D eigenvalue weighted by Gasteiger charge is 2.13. The molecule has 0 saturated heterocycles. The molecular weight excluding hydrogens is 228 g/mol. The molecule has 1 atom stereocenters. The van der Waals surface area contributed by atoms with Crippen LogP contribution in [0.25, 0.3) is 0 Å². The lowest BCUT2D eigenvalue weighted by Crippen LogP contribution is -2.40. The summed E-state index contributed by atoms with van der Waals surface area (Å²) >= 11 is 0. The fourth-order valence-corrected chi connectivity index (χ4v) is 1.79. The smallest absolute Gasteiger partial charge is 0.236 e. The van der Waals surface area contributed by atoms with Gasteiger partial charge >= 0.3 is 0 Å². The number of amides is 1. The number of halogens is 1. The Balaban J connectivity index is 0.00000225. The fraction of sp³-hybridized carbons (Fsp3) is 0.909. The minimum atomic E-state index is -0.431. The standard InChI is InChI=1S/C11H22N2O2.ClH/c1-9(12)11(14)13-7-8-15-10-5-3-2-4-6-10;/h9-10H,2-8,12H2,1H3,(H,13,14);1H/t9-;/m0./s1. The van der Waals surface area contributed by atoms with Gasteiger partial charge in [0.1, 0.15) is 0 Å². The molecule has 0 heterocycles. The van der Waals surface area contributed by atoms with Gasteiger partial charge < -0.3 is 15.8 Å². The van der Waals surface area contributed by atoms with Crippen molar-refractivity contribution >= 4 is 18.3 Å². The Kier molecular flexibility index (Phi) is 8.61. The molecule has 0 aromatic carbocycles. The molecule has 0 unspecified atom stereocenters. The Labute approximate surface area is 104 Å². The van der Waals surface area contributed by atoms with Crippen LogP contribution in [0.4, 0.5) is 0 Å². The molecule has 3 N–H and O–H groups in total. The van der Waals surface area contributed by atoms with Crippen LogP contribution < -0.4 is 11.1 Å². The largest absolute Gasteiger partial charge is 0.376 e. The van der Waals surface area contributed by atoms with E-state index >= 15 is 0 Å². The SMILES string of the molecule is C[C@H](N)C(=O)NCCOC1CCCCC1.Cl. The molecule has 1 fully saturated rings. The number of nitrogens with one attached hydrogen (secondary N) is 1. The van der Waals surface area contributed by atoms with Crippen molar-refractivity contribution in [2.75, 3.05) is 13.2 Å². The third-order valence-corrected chi connectivity index (χ3v) is 2.72. The van der Waals surface area contributed by atoms with Crippen LogP contribution >= 0.6 is 12.4 Å². The summed E-state index contributed by atoms with van der Waals surface area (Å²) in [6, 6.07) is -0.431. The zero-order valence-corrected chi connectivity index (χ0v) is 10.7. The average Bonchev–Trinajstić information content (AvgIpc) is 2.25. The van der Waals surface area contributed by atoms with E-state index in [2.05, 4.69) is 5.32 Å². The summed E-state index contributed by atoms with van der Waals surface area (Å²) in [4.78, 5) is 11.1. The van der Waals surface area contributed by atoms with Crippen molar-refractivity contribution < 1.29 is 9.53 Å². The highest BCUT2D eigenvalue weighted by atomic mass is 35.5. The predicted octanol–water partition coefficient (Wildman–Crippen LogP) is 1.22. The van der Waals surface area contributed by atoms with E-state index in [-0.39, 0.29) is 18.3 Å². The molecule has 96 valence electrons. The van der Waals surface area contributed by atoms with E-state index in [1.165, 1.54) is 32.1 Å². The molecule has 0 bridgehead atoms. The molecule has 5 heteroatoms. The maximum atomic E-state index is 11.1. The third kappa shape index (κ3) is 6.30. The Hall–Kier alpha value is -0.320. The zero-order chi connectivity index (χ0) is 11.1. The summed E-state index contributed by atoms with van der Waals surface area (Å²) in [6.07, 6.45) is 6.63. The first-order valence-electron chi connectivity index (χ1n) is 5.85. The van der Waals surface area contributed by atoms with E-state index in [0.29, 0.717) is 19.3 Å². The highest BCUT2D eigenvalue weighted by Crippen LogP contribution is 2.19. The van der Waals surface area contributed by atoms with E-state index in [1.54, 1.807) is 6.92 Å². The van der Waals surface area contributed by atoms with Crippen molar-refractivity contribution in [2.45, 2.75) is 51.2 Å². The Morgan fingerprint density at radius 1 is 1.44 bits per heavy atom. The van der Waals surface area contributed by atoms with Gasteiger partial charge in [-0.2, -0.15) is 0 Å². The molecule has 1 aliphatic rings. The van der Waals surface area contributed by atoms with Crippen molar-refractivity contribution in [3.05, 3.63) is 0 Å². The minimum Gasteiger partial charge on any atom is -0.376 e. The van der Waals surface area contributed by atoms with E-state index in [1.807, 2.05) is 0 Å². The quantitative estimate of drug-likeness (QED) is 0.722. The molecule has 0 aromatic rings. The topological polar surface area (TPSA) is 64.4 Å². The molecule has 1 saturated carbocycles. The number of nitrogens with two attached hydrogens (primary N) is 1. The summed E-state index contributed by atoms with van der Waals surface area (Å²) in [7, 11) is 0. The normalized spacial score (nSPS) is 18.6. The Bertz CT molecular complexity index is 194. The minimum absolute atomic E-state index is 0. The zero-order valence-electron chi connectivity index (χ0n) is 9.91. The molecule has 4 nitrogen and oxygen atoms in total. The number of ether oxygens (including phenoxy) is 1. The average molecular weight is 251 g/mol. The maximum absolute atomic E-state index is 11.1. The second kappa shape index (κ2) is 8.79. The summed E-state index contributed by atoms with van der Waals surface area (Å²) in [5, 5.41) is 2.73. The van der Waals surface area contributed by atoms with Crippen molar-refractivity contribution in [1.82, 2.24) is 5.32 Å². The number of hydrogen-bond acceptors (Lipinski definition) is 3. The van der Waals surface area contributed by atoms with Gasteiger partial charge in [-0.1, -0.05) is 19.3 Å². The van der Waals surface area contributed by atoms with Crippen molar-refractivity contribution in [2.24, 2.45) is 5.73 Å². The molecule has 1 amide bonds. The van der Waals surface area contributed by atoms with Gasteiger partial charge in [0.05, 0.1) is 18.8 Å². The third-order valence-electron chi connectivity index (χ3n) is 2.72. The molecule has 0 aromatic heterocycles. The van der Waals surface area contributed by atoms with E-state index < -0.39 is 6.04 Å². The lowest BCUT2D eigenvalue weighted by Gasteiger charge is -2.22. The van der Waals surface area contributed by atoms with Gasteiger partial charge in [-0.05, 0) is 19.8 Å². The molecule has 0 radical (unpaired) electrons. The van der Waals surface area contributed by atoms with E-state index in [9.17, 15) is 4.79 Å². The number of carbonyl (C=O) groups is 1. The van der Waals surface area contributed by atoms with Crippen molar-refractivity contribution in [3.8, 4) is 0 Å². The Morgan fingerprint density at radius 2 is 2.06 bits per heavy atom. The molecule has 0 aliphatic heterocycles. The number of carbonyl (C=O) groups excluding carboxylic acids is 1. The van der Waals surface area contributed by atoms with Gasteiger partial charge in [-0.25, -0.2) is 0 Å². The first-order chi connectivity index (χ1) is 7.20. The monoisotopic (exact) mass is 250 g/mol. The van der Waals surface area contributed by atoms with Crippen LogP contribution in [0.1, 0.15) is 39.0 Å².